The summed E-state index contributed by atoms with van der Waals surface area (Å²) in [7, 11) is 0. The first-order valence-corrected chi connectivity index (χ1v) is 11.7. The van der Waals surface area contributed by atoms with Gasteiger partial charge in [0.25, 0.3) is 0 Å². The van der Waals surface area contributed by atoms with Crippen LogP contribution in [0.25, 0.3) is 0 Å². The Morgan fingerprint density at radius 1 is 1.39 bits per heavy atom. The molecule has 0 bridgehead atoms. The number of aliphatic hydroxyl groups excluding tert-OH is 1. The normalized spacial score (nSPS) is 46.1. The van der Waals surface area contributed by atoms with Crippen molar-refractivity contribution in [2.45, 2.75) is 64.3 Å². The molecule has 3 fully saturated rings. The predicted molar refractivity (Wildman–Crippen MR) is 119 cm³/mol. The molecule has 0 saturated heterocycles. The lowest BCUT2D eigenvalue weighted by atomic mass is 9.46. The maximum Gasteiger partial charge on any atom is 0.182 e. The first-order chi connectivity index (χ1) is 14.5. The van der Waals surface area contributed by atoms with Gasteiger partial charge in [0.05, 0.1) is 24.7 Å². The smallest absolute Gasteiger partial charge is 0.182 e. The summed E-state index contributed by atoms with van der Waals surface area (Å²) in [6, 6.07) is 0. The molecule has 0 radical (unpaired) electrons. The summed E-state index contributed by atoms with van der Waals surface area (Å²) in [4.78, 5) is 25.0. The van der Waals surface area contributed by atoms with Crippen LogP contribution in [-0.4, -0.2) is 52.1 Å². The highest BCUT2D eigenvalue weighted by Crippen LogP contribution is 2.67. The minimum atomic E-state index is -1.75. The second-order valence-corrected chi connectivity index (χ2v) is 10.8. The molecule has 6 heteroatoms. The van der Waals surface area contributed by atoms with E-state index in [0.29, 0.717) is 6.42 Å². The maximum atomic E-state index is 13.0. The van der Waals surface area contributed by atoms with Crippen molar-refractivity contribution in [2.75, 3.05) is 12.5 Å². The van der Waals surface area contributed by atoms with Crippen LogP contribution in [0.5, 0.6) is 0 Å². The fraction of sp³-hybridized carbons (Fsp3) is 0.680. The van der Waals surface area contributed by atoms with Crippen molar-refractivity contribution in [1.82, 2.24) is 0 Å². The Hall–Kier alpha value is -1.27. The van der Waals surface area contributed by atoms with E-state index < -0.39 is 34.4 Å². The number of alkyl halides is 1. The number of hydrogen-bond acceptors (Lipinski definition) is 5. The second-order valence-electron chi connectivity index (χ2n) is 10.5. The van der Waals surface area contributed by atoms with Crippen molar-refractivity contribution in [1.29, 1.82) is 0 Å². The molecule has 0 aliphatic heterocycles. The Kier molecular flexibility index (Phi) is 5.65. The van der Waals surface area contributed by atoms with E-state index >= 15 is 0 Å². The SMILES string of the molecule is C=C(C)CO[C@@H]1C[C@H]2[C@@H]3CCC4=CC(=O)C=C[C@]4(C)[C@H]3[C@@H](O)C[C@]2(C)[C@@]1(O)C(=O)CCl. The van der Waals surface area contributed by atoms with Crippen LogP contribution in [0.2, 0.25) is 0 Å². The van der Waals surface area contributed by atoms with Crippen molar-refractivity contribution in [3.8, 4) is 0 Å². The number of carbonyl (C=O) groups excluding carboxylic acids is 2. The largest absolute Gasteiger partial charge is 0.393 e. The fourth-order valence-electron chi connectivity index (χ4n) is 7.35. The van der Waals surface area contributed by atoms with Crippen molar-refractivity contribution in [2.24, 2.45) is 28.6 Å². The summed E-state index contributed by atoms with van der Waals surface area (Å²) in [5.41, 5.74) is -1.11. The lowest BCUT2D eigenvalue weighted by Crippen LogP contribution is -2.63. The van der Waals surface area contributed by atoms with E-state index in [1.54, 1.807) is 12.2 Å². The Morgan fingerprint density at radius 2 is 2.10 bits per heavy atom. The molecule has 31 heavy (non-hydrogen) atoms. The minimum Gasteiger partial charge on any atom is -0.393 e. The van der Waals surface area contributed by atoms with Gasteiger partial charge in [0.1, 0.15) is 0 Å². The summed E-state index contributed by atoms with van der Waals surface area (Å²) < 4.78 is 6.04. The zero-order chi connectivity index (χ0) is 22.8. The van der Waals surface area contributed by atoms with Gasteiger partial charge in [-0.05, 0) is 56.6 Å². The van der Waals surface area contributed by atoms with E-state index in [1.807, 2.05) is 19.9 Å². The maximum absolute atomic E-state index is 13.0. The van der Waals surface area contributed by atoms with Gasteiger partial charge < -0.3 is 14.9 Å². The Balaban J connectivity index is 1.75. The van der Waals surface area contributed by atoms with Gasteiger partial charge in [-0.2, -0.15) is 0 Å². The van der Waals surface area contributed by atoms with E-state index in [9.17, 15) is 19.8 Å². The number of Topliss-reactive ketones (excluding diaryl/α,β-unsaturated/α-hetero) is 1. The molecule has 8 atom stereocenters. The minimum absolute atomic E-state index is 0.00223. The molecule has 0 aromatic heterocycles. The molecule has 0 unspecified atom stereocenters. The molecule has 3 saturated carbocycles. The number of fused-ring (bicyclic) bond motifs is 5. The molecule has 4 aliphatic rings. The van der Waals surface area contributed by atoms with Crippen molar-refractivity contribution < 1.29 is 24.5 Å². The second kappa shape index (κ2) is 7.65. The van der Waals surface area contributed by atoms with Crippen molar-refractivity contribution in [3.05, 3.63) is 36.0 Å². The van der Waals surface area contributed by atoms with Crippen LogP contribution in [0, 0.1) is 28.6 Å². The van der Waals surface area contributed by atoms with Crippen LogP contribution in [0.4, 0.5) is 0 Å². The number of ketones is 2. The number of aliphatic hydroxyl groups is 2. The first-order valence-electron chi connectivity index (χ1n) is 11.2. The van der Waals surface area contributed by atoms with E-state index in [0.717, 1.165) is 24.0 Å². The van der Waals surface area contributed by atoms with Gasteiger partial charge in [-0.25, -0.2) is 0 Å². The van der Waals surface area contributed by atoms with Crippen molar-refractivity contribution >= 4 is 23.2 Å². The Labute approximate surface area is 189 Å². The molecule has 0 heterocycles. The van der Waals surface area contributed by atoms with Crippen LogP contribution >= 0.6 is 11.6 Å². The van der Waals surface area contributed by atoms with Gasteiger partial charge in [-0.15, -0.1) is 11.6 Å². The van der Waals surface area contributed by atoms with Gasteiger partial charge in [0, 0.05) is 16.7 Å². The fourth-order valence-corrected chi connectivity index (χ4v) is 7.55. The molecule has 0 spiro atoms. The molecule has 0 amide bonds. The van der Waals surface area contributed by atoms with Crippen LogP contribution in [0.1, 0.15) is 46.5 Å². The van der Waals surface area contributed by atoms with Gasteiger partial charge in [0.15, 0.2) is 17.2 Å². The summed E-state index contributed by atoms with van der Waals surface area (Å²) in [5.74, 6) is -0.727. The number of rotatable bonds is 5. The van der Waals surface area contributed by atoms with Gasteiger partial charge in [-0.3, -0.25) is 9.59 Å². The van der Waals surface area contributed by atoms with Crippen LogP contribution in [0.3, 0.4) is 0 Å². The Morgan fingerprint density at radius 3 is 2.74 bits per heavy atom. The van der Waals surface area contributed by atoms with Gasteiger partial charge >= 0.3 is 0 Å². The number of ether oxygens (including phenoxy) is 1. The third-order valence-electron chi connectivity index (χ3n) is 8.77. The predicted octanol–water partition coefficient (Wildman–Crippen LogP) is 3.38. The number of allylic oxidation sites excluding steroid dienone is 4. The molecule has 170 valence electrons. The lowest BCUT2D eigenvalue weighted by molar-refractivity contribution is -0.190. The highest BCUT2D eigenvalue weighted by Gasteiger charge is 2.71. The van der Waals surface area contributed by atoms with Crippen LogP contribution < -0.4 is 0 Å². The van der Waals surface area contributed by atoms with Gasteiger partial charge in [-0.1, -0.05) is 37.6 Å². The molecule has 0 aromatic rings. The third-order valence-corrected chi connectivity index (χ3v) is 9.01. The first kappa shape index (κ1) is 22.9. The summed E-state index contributed by atoms with van der Waals surface area (Å²) in [5, 5.41) is 23.3. The summed E-state index contributed by atoms with van der Waals surface area (Å²) in [6.45, 7) is 10.0. The van der Waals surface area contributed by atoms with E-state index in [1.165, 1.54) is 0 Å². The van der Waals surface area contributed by atoms with Crippen LogP contribution in [0.15, 0.2) is 36.0 Å². The van der Waals surface area contributed by atoms with E-state index in [-0.39, 0.29) is 42.4 Å². The molecule has 2 N–H and O–H groups in total. The topological polar surface area (TPSA) is 83.8 Å². The monoisotopic (exact) mass is 448 g/mol. The Bertz CT molecular complexity index is 877. The van der Waals surface area contributed by atoms with Crippen molar-refractivity contribution in [3.63, 3.8) is 0 Å². The standard InChI is InChI=1S/C25H33ClO5/c1-14(2)13-31-21-10-18-17-6-5-15-9-16(27)7-8-23(15,3)22(17)19(28)11-24(18,4)25(21,30)20(29)12-26/h7-9,17-19,21-22,28,30H,1,5-6,10-13H2,2-4H3/t17-,18-,19-,21+,22+,23-,24-,25+/m0/s1. The molecule has 4 rings (SSSR count). The average molecular weight is 449 g/mol. The molecular formula is C25H33ClO5. The van der Waals surface area contributed by atoms with Gasteiger partial charge in [0.2, 0.25) is 0 Å². The molecular weight excluding hydrogens is 416 g/mol. The van der Waals surface area contributed by atoms with E-state index in [2.05, 4.69) is 13.5 Å². The number of halogens is 1. The van der Waals surface area contributed by atoms with E-state index in [4.69, 9.17) is 16.3 Å². The zero-order valence-electron chi connectivity index (χ0n) is 18.6. The van der Waals surface area contributed by atoms with Crippen LogP contribution in [-0.2, 0) is 14.3 Å². The number of hydrogen-bond donors (Lipinski definition) is 2. The third kappa shape index (κ3) is 3.15. The molecule has 5 nitrogen and oxygen atoms in total. The lowest BCUT2D eigenvalue weighted by Gasteiger charge is -2.59. The quantitative estimate of drug-likeness (QED) is 0.497. The highest BCUT2D eigenvalue weighted by atomic mass is 35.5. The highest BCUT2D eigenvalue weighted by molar-refractivity contribution is 6.29. The summed E-state index contributed by atoms with van der Waals surface area (Å²) in [6.07, 6.45) is 6.27. The molecule has 0 aromatic carbocycles. The average Bonchev–Trinajstić information content (AvgIpc) is 2.93. The summed E-state index contributed by atoms with van der Waals surface area (Å²) >= 11 is 5.95. The molecule has 4 aliphatic carbocycles. The zero-order valence-corrected chi connectivity index (χ0v) is 19.3. The number of carbonyl (C=O) groups is 2.